The Hall–Kier alpha value is -1.39. The second-order valence-electron chi connectivity index (χ2n) is 5.37. The Labute approximate surface area is 112 Å². The van der Waals surface area contributed by atoms with E-state index >= 15 is 0 Å². The molecule has 1 aliphatic heterocycles. The highest BCUT2D eigenvalue weighted by Crippen LogP contribution is 2.31. The fourth-order valence-electron chi connectivity index (χ4n) is 2.97. The van der Waals surface area contributed by atoms with E-state index in [1.807, 2.05) is 24.3 Å². The molecule has 4 nitrogen and oxygen atoms in total. The number of hydrogen-bond donors (Lipinski definition) is 2. The molecule has 1 unspecified atom stereocenters. The van der Waals surface area contributed by atoms with Crippen LogP contribution in [0.2, 0.25) is 0 Å². The number of carbonyl (C=O) groups is 1. The summed E-state index contributed by atoms with van der Waals surface area (Å²) in [6.07, 6.45) is 1.89. The van der Waals surface area contributed by atoms with Gasteiger partial charge in [-0.1, -0.05) is 24.3 Å². The van der Waals surface area contributed by atoms with Gasteiger partial charge in [-0.05, 0) is 24.0 Å². The van der Waals surface area contributed by atoms with Crippen molar-refractivity contribution in [3.8, 4) is 0 Å². The summed E-state index contributed by atoms with van der Waals surface area (Å²) in [4.78, 5) is 12.2. The van der Waals surface area contributed by atoms with Crippen molar-refractivity contribution in [3.05, 3.63) is 35.4 Å². The van der Waals surface area contributed by atoms with Gasteiger partial charge in [-0.15, -0.1) is 0 Å². The van der Waals surface area contributed by atoms with Crippen LogP contribution in [0.5, 0.6) is 0 Å². The Morgan fingerprint density at radius 2 is 2.21 bits per heavy atom. The predicted molar refractivity (Wildman–Crippen MR) is 70.6 cm³/mol. The molecular formula is C15H19NO3. The molecule has 0 radical (unpaired) electrons. The Bertz CT molecular complexity index is 468. The van der Waals surface area contributed by atoms with E-state index in [1.165, 1.54) is 0 Å². The average molecular weight is 261 g/mol. The van der Waals surface area contributed by atoms with Crippen molar-refractivity contribution in [1.82, 2.24) is 5.32 Å². The normalized spacial score (nSPS) is 29.8. The summed E-state index contributed by atoms with van der Waals surface area (Å²) in [5, 5.41) is 13.1. The smallest absolute Gasteiger partial charge is 0.226 e. The number of benzene rings is 1. The first-order valence-corrected chi connectivity index (χ1v) is 6.89. The van der Waals surface area contributed by atoms with E-state index in [-0.39, 0.29) is 17.9 Å². The molecule has 3 atom stereocenters. The lowest BCUT2D eigenvalue weighted by Gasteiger charge is -2.25. The number of aliphatic hydroxyl groups excluding tert-OH is 1. The van der Waals surface area contributed by atoms with Crippen LogP contribution in [0.3, 0.4) is 0 Å². The van der Waals surface area contributed by atoms with Gasteiger partial charge in [0.25, 0.3) is 0 Å². The molecular weight excluding hydrogens is 242 g/mol. The van der Waals surface area contributed by atoms with E-state index < -0.39 is 6.10 Å². The largest absolute Gasteiger partial charge is 0.390 e. The standard InChI is InChI=1S/C15H19NO3/c17-13-8-10-4-1-2-6-12(10)14(13)16-15(18)11-5-3-7-19-9-11/h1-2,4,6,11,13-14,17H,3,5,7-9H2,(H,16,18)/t11?,13-,14+/m0/s1. The molecule has 2 N–H and O–H groups in total. The van der Waals surface area contributed by atoms with Crippen LogP contribution < -0.4 is 5.32 Å². The van der Waals surface area contributed by atoms with E-state index in [0.717, 1.165) is 30.6 Å². The summed E-state index contributed by atoms with van der Waals surface area (Å²) < 4.78 is 5.34. The van der Waals surface area contributed by atoms with Crippen LogP contribution in [0.1, 0.15) is 30.0 Å². The first-order chi connectivity index (χ1) is 9.25. The molecule has 1 heterocycles. The Morgan fingerprint density at radius 1 is 1.37 bits per heavy atom. The molecule has 3 rings (SSSR count). The Kier molecular flexibility index (Phi) is 3.53. The van der Waals surface area contributed by atoms with Gasteiger partial charge in [0.2, 0.25) is 5.91 Å². The molecule has 1 aliphatic carbocycles. The Balaban J connectivity index is 1.71. The number of nitrogens with one attached hydrogen (secondary N) is 1. The number of fused-ring (bicyclic) bond motifs is 1. The van der Waals surface area contributed by atoms with Crippen molar-refractivity contribution in [2.24, 2.45) is 5.92 Å². The van der Waals surface area contributed by atoms with Crippen LogP contribution in [-0.2, 0) is 16.0 Å². The van der Waals surface area contributed by atoms with Crippen molar-refractivity contribution in [3.63, 3.8) is 0 Å². The van der Waals surface area contributed by atoms with Crippen molar-refractivity contribution in [1.29, 1.82) is 0 Å². The third-order valence-corrected chi connectivity index (χ3v) is 4.03. The van der Waals surface area contributed by atoms with Gasteiger partial charge in [0.05, 0.1) is 24.7 Å². The van der Waals surface area contributed by atoms with Gasteiger partial charge < -0.3 is 15.2 Å². The third kappa shape index (κ3) is 2.51. The molecule has 1 aromatic carbocycles. The number of rotatable bonds is 2. The zero-order valence-corrected chi connectivity index (χ0v) is 10.8. The first-order valence-electron chi connectivity index (χ1n) is 6.89. The maximum absolute atomic E-state index is 12.2. The van der Waals surface area contributed by atoms with Gasteiger partial charge in [-0.3, -0.25) is 4.79 Å². The van der Waals surface area contributed by atoms with Crippen LogP contribution in [0, 0.1) is 5.92 Å². The average Bonchev–Trinajstić information content (AvgIpc) is 2.76. The van der Waals surface area contributed by atoms with Crippen molar-refractivity contribution >= 4 is 5.91 Å². The number of ether oxygens (including phenoxy) is 1. The molecule has 1 amide bonds. The van der Waals surface area contributed by atoms with E-state index in [2.05, 4.69) is 5.32 Å². The summed E-state index contributed by atoms with van der Waals surface area (Å²) in [6, 6.07) is 7.62. The zero-order chi connectivity index (χ0) is 13.2. The maximum atomic E-state index is 12.2. The SMILES string of the molecule is O=C(N[C@@H]1c2ccccc2C[C@@H]1O)C1CCCOC1. The van der Waals surface area contributed by atoms with Gasteiger partial charge >= 0.3 is 0 Å². The molecule has 1 saturated heterocycles. The van der Waals surface area contributed by atoms with Gasteiger partial charge in [-0.25, -0.2) is 0 Å². The monoisotopic (exact) mass is 261 g/mol. The van der Waals surface area contributed by atoms with E-state index in [9.17, 15) is 9.90 Å². The highest BCUT2D eigenvalue weighted by molar-refractivity contribution is 5.79. The molecule has 0 bridgehead atoms. The minimum atomic E-state index is -0.522. The molecule has 2 aliphatic rings. The fourth-order valence-corrected chi connectivity index (χ4v) is 2.97. The van der Waals surface area contributed by atoms with Crippen molar-refractivity contribution < 1.29 is 14.6 Å². The molecule has 1 aromatic rings. The molecule has 4 heteroatoms. The number of amides is 1. The topological polar surface area (TPSA) is 58.6 Å². The number of carbonyl (C=O) groups excluding carboxylic acids is 1. The minimum absolute atomic E-state index is 0.000420. The number of aliphatic hydroxyl groups is 1. The summed E-state index contributed by atoms with van der Waals surface area (Å²) in [5.74, 6) is -0.0748. The molecule has 1 fully saturated rings. The lowest BCUT2D eigenvalue weighted by atomic mass is 10.00. The van der Waals surface area contributed by atoms with E-state index in [4.69, 9.17) is 4.74 Å². The second kappa shape index (κ2) is 5.31. The quantitative estimate of drug-likeness (QED) is 0.840. The summed E-state index contributed by atoms with van der Waals surface area (Å²) in [7, 11) is 0. The summed E-state index contributed by atoms with van der Waals surface area (Å²) in [5.41, 5.74) is 2.17. The summed E-state index contributed by atoms with van der Waals surface area (Å²) in [6.45, 7) is 1.25. The van der Waals surface area contributed by atoms with Gasteiger partial charge in [0, 0.05) is 13.0 Å². The molecule has 0 saturated carbocycles. The lowest BCUT2D eigenvalue weighted by molar-refractivity contribution is -0.130. The summed E-state index contributed by atoms with van der Waals surface area (Å²) >= 11 is 0. The third-order valence-electron chi connectivity index (χ3n) is 4.03. The van der Waals surface area contributed by atoms with Crippen molar-refractivity contribution in [2.45, 2.75) is 31.4 Å². The van der Waals surface area contributed by atoms with Crippen LogP contribution in [-0.4, -0.2) is 30.3 Å². The Morgan fingerprint density at radius 3 is 3.00 bits per heavy atom. The molecule has 19 heavy (non-hydrogen) atoms. The van der Waals surface area contributed by atoms with Gasteiger partial charge in [0.1, 0.15) is 0 Å². The van der Waals surface area contributed by atoms with Gasteiger partial charge in [0.15, 0.2) is 0 Å². The lowest BCUT2D eigenvalue weighted by Crippen LogP contribution is -2.40. The van der Waals surface area contributed by atoms with Crippen LogP contribution >= 0.6 is 0 Å². The van der Waals surface area contributed by atoms with Crippen LogP contribution in [0.4, 0.5) is 0 Å². The van der Waals surface area contributed by atoms with Crippen LogP contribution in [0.15, 0.2) is 24.3 Å². The molecule has 0 spiro atoms. The second-order valence-corrected chi connectivity index (χ2v) is 5.37. The minimum Gasteiger partial charge on any atom is -0.390 e. The highest BCUT2D eigenvalue weighted by Gasteiger charge is 2.33. The van der Waals surface area contributed by atoms with E-state index in [0.29, 0.717) is 13.0 Å². The zero-order valence-electron chi connectivity index (χ0n) is 10.8. The number of hydrogen-bond acceptors (Lipinski definition) is 3. The predicted octanol–water partition coefficient (Wildman–Crippen LogP) is 1.19. The fraction of sp³-hybridized carbons (Fsp3) is 0.533. The first kappa shape index (κ1) is 12.6. The highest BCUT2D eigenvalue weighted by atomic mass is 16.5. The van der Waals surface area contributed by atoms with Crippen molar-refractivity contribution in [2.75, 3.05) is 13.2 Å². The molecule has 102 valence electrons. The van der Waals surface area contributed by atoms with E-state index in [1.54, 1.807) is 0 Å². The van der Waals surface area contributed by atoms with Crippen LogP contribution in [0.25, 0.3) is 0 Å². The maximum Gasteiger partial charge on any atom is 0.226 e. The van der Waals surface area contributed by atoms with Gasteiger partial charge in [-0.2, -0.15) is 0 Å². The molecule has 0 aromatic heterocycles.